The molecule has 0 unspecified atom stereocenters. The molecule has 1 saturated heterocycles. The highest BCUT2D eigenvalue weighted by atomic mass is 16.6. The molecule has 0 spiro atoms. The number of hydrogen-bond donors (Lipinski definition) is 2. The SMILES string of the molecule is C/C=C(/C)C(=O)O[C@H]1C(C)=C2[C@H]([C@H]1OC(=O)CCCCC)[C@@](C)(OC(C)=O)C[C@H](OC(=O)CCC)[C@@]1(O)[C@H]2OC(=O)[C@@]1(C)O. The zero-order chi connectivity index (χ0) is 33.2. The number of rotatable bonds is 11. The number of hydrogen-bond acceptors (Lipinski definition) is 12. The molecule has 3 aliphatic rings. The Morgan fingerprint density at radius 2 is 1.61 bits per heavy atom. The van der Waals surface area contributed by atoms with E-state index >= 15 is 0 Å². The van der Waals surface area contributed by atoms with Crippen LogP contribution >= 0.6 is 0 Å². The number of carbonyl (C=O) groups is 5. The van der Waals surface area contributed by atoms with Crippen LogP contribution in [0.3, 0.4) is 0 Å². The molecular formula is C32H46O12. The maximum Gasteiger partial charge on any atom is 0.341 e. The second-order valence-corrected chi connectivity index (χ2v) is 12.3. The van der Waals surface area contributed by atoms with Gasteiger partial charge in [0, 0.05) is 31.8 Å². The summed E-state index contributed by atoms with van der Waals surface area (Å²) in [6.45, 7) is 12.3. The first-order valence-corrected chi connectivity index (χ1v) is 15.3. The molecule has 12 nitrogen and oxygen atoms in total. The van der Waals surface area contributed by atoms with Gasteiger partial charge in [0.1, 0.15) is 11.7 Å². The average molecular weight is 623 g/mol. The normalized spacial score (nSPS) is 34.8. The second-order valence-electron chi connectivity index (χ2n) is 12.3. The highest BCUT2D eigenvalue weighted by Gasteiger charge is 2.76. The topological polar surface area (TPSA) is 172 Å². The van der Waals surface area contributed by atoms with E-state index in [0.717, 1.165) is 19.8 Å². The number of esters is 5. The Balaban J connectivity index is 2.29. The smallest absolute Gasteiger partial charge is 0.341 e. The maximum absolute atomic E-state index is 13.2. The van der Waals surface area contributed by atoms with Gasteiger partial charge in [-0.05, 0) is 58.6 Å². The van der Waals surface area contributed by atoms with Crippen LogP contribution in [0.1, 0.15) is 100 Å². The summed E-state index contributed by atoms with van der Waals surface area (Å²) < 4.78 is 29.1. The molecule has 246 valence electrons. The lowest BCUT2D eigenvalue weighted by atomic mass is 9.75. The van der Waals surface area contributed by atoms with Crippen LogP contribution < -0.4 is 0 Å². The van der Waals surface area contributed by atoms with Crippen molar-refractivity contribution in [3.05, 3.63) is 22.8 Å². The van der Waals surface area contributed by atoms with Crippen molar-refractivity contribution in [3.63, 3.8) is 0 Å². The van der Waals surface area contributed by atoms with Crippen LogP contribution in [0.5, 0.6) is 0 Å². The predicted octanol–water partition coefficient (Wildman–Crippen LogP) is 3.15. The van der Waals surface area contributed by atoms with E-state index in [1.165, 1.54) is 13.8 Å². The van der Waals surface area contributed by atoms with Gasteiger partial charge in [-0.3, -0.25) is 14.4 Å². The van der Waals surface area contributed by atoms with E-state index in [0.29, 0.717) is 12.8 Å². The summed E-state index contributed by atoms with van der Waals surface area (Å²) in [7, 11) is 0. The van der Waals surface area contributed by atoms with Crippen LogP contribution in [0, 0.1) is 5.92 Å². The minimum atomic E-state index is -2.57. The number of fused-ring (bicyclic) bond motifs is 3. The van der Waals surface area contributed by atoms with Crippen LogP contribution in [0.25, 0.3) is 0 Å². The summed E-state index contributed by atoms with van der Waals surface area (Å²) >= 11 is 0. The molecule has 2 fully saturated rings. The minimum absolute atomic E-state index is 0.0239. The first kappa shape index (κ1) is 35.2. The summed E-state index contributed by atoms with van der Waals surface area (Å²) in [6, 6.07) is 0. The van der Waals surface area contributed by atoms with Crippen LogP contribution in [0.2, 0.25) is 0 Å². The lowest BCUT2D eigenvalue weighted by Crippen LogP contribution is -2.64. The van der Waals surface area contributed by atoms with Crippen molar-refractivity contribution in [2.24, 2.45) is 5.92 Å². The summed E-state index contributed by atoms with van der Waals surface area (Å²) in [5.74, 6) is -5.05. The van der Waals surface area contributed by atoms with Crippen LogP contribution in [0.4, 0.5) is 0 Å². The van der Waals surface area contributed by atoms with E-state index in [1.54, 1.807) is 33.8 Å². The van der Waals surface area contributed by atoms with Gasteiger partial charge in [0.25, 0.3) is 0 Å². The molecule has 3 rings (SSSR count). The summed E-state index contributed by atoms with van der Waals surface area (Å²) in [6.07, 6.45) is -1.96. The Morgan fingerprint density at radius 1 is 0.977 bits per heavy atom. The lowest BCUT2D eigenvalue weighted by molar-refractivity contribution is -0.212. The second kappa shape index (κ2) is 13.4. The van der Waals surface area contributed by atoms with Crippen molar-refractivity contribution in [2.75, 3.05) is 0 Å². The molecule has 1 saturated carbocycles. The van der Waals surface area contributed by atoms with Crippen molar-refractivity contribution in [1.82, 2.24) is 0 Å². The predicted molar refractivity (Wildman–Crippen MR) is 155 cm³/mol. The maximum atomic E-state index is 13.2. The van der Waals surface area contributed by atoms with Gasteiger partial charge in [0.05, 0.1) is 5.92 Å². The van der Waals surface area contributed by atoms with E-state index in [4.69, 9.17) is 23.7 Å². The van der Waals surface area contributed by atoms with Gasteiger partial charge in [-0.15, -0.1) is 0 Å². The van der Waals surface area contributed by atoms with Gasteiger partial charge in [-0.25, -0.2) is 9.59 Å². The van der Waals surface area contributed by atoms with Crippen molar-refractivity contribution in [1.29, 1.82) is 0 Å². The number of unbranched alkanes of at least 4 members (excludes halogenated alkanes) is 2. The third-order valence-electron chi connectivity index (χ3n) is 9.01. The first-order valence-electron chi connectivity index (χ1n) is 15.3. The summed E-state index contributed by atoms with van der Waals surface area (Å²) in [4.78, 5) is 64.7. The molecule has 1 heterocycles. The summed E-state index contributed by atoms with van der Waals surface area (Å²) in [5, 5.41) is 23.8. The van der Waals surface area contributed by atoms with Crippen molar-refractivity contribution in [3.8, 4) is 0 Å². The van der Waals surface area contributed by atoms with Crippen LogP contribution in [-0.2, 0) is 47.7 Å². The molecule has 1 aliphatic heterocycles. The van der Waals surface area contributed by atoms with Gasteiger partial charge < -0.3 is 33.9 Å². The van der Waals surface area contributed by atoms with Crippen molar-refractivity contribution < 1.29 is 57.9 Å². The molecule has 0 amide bonds. The molecule has 0 aromatic rings. The zero-order valence-electron chi connectivity index (χ0n) is 26.9. The van der Waals surface area contributed by atoms with Gasteiger partial charge in [0.15, 0.2) is 29.5 Å². The molecule has 2 N–H and O–H groups in total. The number of aliphatic hydroxyl groups is 2. The van der Waals surface area contributed by atoms with Gasteiger partial charge >= 0.3 is 29.8 Å². The van der Waals surface area contributed by atoms with Crippen molar-refractivity contribution in [2.45, 2.75) is 142 Å². The lowest BCUT2D eigenvalue weighted by Gasteiger charge is -2.41. The fourth-order valence-corrected chi connectivity index (χ4v) is 6.55. The standard InChI is InChI=1S/C32H46O12/c1-9-12-13-15-22(35)41-26-24-23(18(5)25(26)42-28(36)17(4)11-3)27-32(39,31(8,38)29(37)43-27)20(40-21(34)14-10-2)16-30(24,7)44-19(6)33/h11,20,24-27,38-39H,9-10,12-16H2,1-8H3/b17-11-/t20-,24+,25-,26+,27-,30-,31+,32+/m0/s1. The molecule has 12 heteroatoms. The zero-order valence-corrected chi connectivity index (χ0v) is 26.9. The Morgan fingerprint density at radius 3 is 2.18 bits per heavy atom. The number of allylic oxidation sites excluding steroid dienone is 1. The highest BCUT2D eigenvalue weighted by molar-refractivity contribution is 5.88. The quantitative estimate of drug-likeness (QED) is 0.114. The molecular weight excluding hydrogens is 576 g/mol. The fraction of sp³-hybridized carbons (Fsp3) is 0.719. The molecule has 0 aromatic carbocycles. The molecule has 0 radical (unpaired) electrons. The van der Waals surface area contributed by atoms with E-state index in [1.807, 2.05) is 6.92 Å². The Kier molecular flexibility index (Phi) is 10.7. The summed E-state index contributed by atoms with van der Waals surface area (Å²) in [5.41, 5.74) is -6.12. The van der Waals surface area contributed by atoms with E-state index in [-0.39, 0.29) is 29.6 Å². The van der Waals surface area contributed by atoms with Crippen molar-refractivity contribution >= 4 is 29.8 Å². The van der Waals surface area contributed by atoms with Gasteiger partial charge in [-0.2, -0.15) is 0 Å². The third kappa shape index (κ3) is 6.28. The van der Waals surface area contributed by atoms with E-state index < -0.39 is 83.4 Å². The van der Waals surface area contributed by atoms with Crippen LogP contribution in [0.15, 0.2) is 22.8 Å². The van der Waals surface area contributed by atoms with E-state index in [9.17, 15) is 34.2 Å². The molecule has 0 bridgehead atoms. The van der Waals surface area contributed by atoms with Crippen LogP contribution in [-0.4, -0.2) is 81.3 Å². The number of ether oxygens (including phenoxy) is 5. The van der Waals surface area contributed by atoms with Gasteiger partial charge in [-0.1, -0.05) is 32.8 Å². The number of carbonyl (C=O) groups excluding carboxylic acids is 5. The Bertz CT molecular complexity index is 1230. The Hall–Kier alpha value is -3.25. The molecule has 44 heavy (non-hydrogen) atoms. The molecule has 0 aromatic heterocycles. The van der Waals surface area contributed by atoms with Gasteiger partial charge in [0.2, 0.25) is 0 Å². The Labute approximate surface area is 258 Å². The minimum Gasteiger partial charge on any atom is -0.459 e. The largest absolute Gasteiger partial charge is 0.459 e. The van der Waals surface area contributed by atoms with E-state index in [2.05, 4.69) is 0 Å². The molecule has 8 atom stereocenters. The highest BCUT2D eigenvalue weighted by Crippen LogP contribution is 2.57. The fourth-order valence-electron chi connectivity index (χ4n) is 6.55. The third-order valence-corrected chi connectivity index (χ3v) is 9.01. The average Bonchev–Trinajstić information content (AvgIpc) is 3.26. The molecule has 2 aliphatic carbocycles. The monoisotopic (exact) mass is 622 g/mol. The first-order chi connectivity index (χ1) is 20.5.